The largest absolute Gasteiger partial charge is 0.326 e. The third-order valence-corrected chi connectivity index (χ3v) is 7.02. The molecule has 8 heteroatoms. The number of halogens is 2. The molecule has 1 aliphatic heterocycles. The third-order valence-electron chi connectivity index (χ3n) is 4.73. The maximum absolute atomic E-state index is 13.1. The Balaban J connectivity index is 1.74. The summed E-state index contributed by atoms with van der Waals surface area (Å²) in [5.41, 5.74) is 1.38. The van der Waals surface area contributed by atoms with Crippen molar-refractivity contribution in [3.05, 3.63) is 58.9 Å². The van der Waals surface area contributed by atoms with E-state index in [0.717, 1.165) is 17.7 Å². The van der Waals surface area contributed by atoms with Crippen LogP contribution < -0.4 is 5.32 Å². The maximum Gasteiger partial charge on any atom is 0.243 e. The van der Waals surface area contributed by atoms with Gasteiger partial charge in [0, 0.05) is 23.8 Å². The smallest absolute Gasteiger partial charge is 0.243 e. The Morgan fingerprint density at radius 3 is 2.63 bits per heavy atom. The number of amides is 1. The number of rotatable bonds is 4. The molecule has 1 atom stereocenters. The van der Waals surface area contributed by atoms with Crippen LogP contribution in [0.2, 0.25) is 5.02 Å². The van der Waals surface area contributed by atoms with Crippen molar-refractivity contribution >= 4 is 33.2 Å². The van der Waals surface area contributed by atoms with E-state index in [4.69, 9.17) is 11.6 Å². The highest BCUT2D eigenvalue weighted by Crippen LogP contribution is 2.27. The first-order valence-electron chi connectivity index (χ1n) is 8.61. The van der Waals surface area contributed by atoms with E-state index in [1.54, 1.807) is 18.2 Å². The van der Waals surface area contributed by atoms with E-state index < -0.39 is 21.8 Å². The van der Waals surface area contributed by atoms with Crippen LogP contribution in [-0.2, 0) is 14.8 Å². The molecule has 0 bridgehead atoms. The molecule has 0 saturated carbocycles. The number of carbonyl (C=O) groups excluding carboxylic acids is 1. The van der Waals surface area contributed by atoms with Crippen LogP contribution in [0.25, 0.3) is 0 Å². The molecule has 1 aliphatic rings. The second-order valence-electron chi connectivity index (χ2n) is 6.56. The monoisotopic (exact) mass is 410 g/mol. The molecule has 1 heterocycles. The maximum atomic E-state index is 13.1. The summed E-state index contributed by atoms with van der Waals surface area (Å²) >= 11 is 6.08. The van der Waals surface area contributed by atoms with Gasteiger partial charge in [0.1, 0.15) is 5.82 Å². The van der Waals surface area contributed by atoms with Crippen molar-refractivity contribution in [2.45, 2.75) is 24.7 Å². The second-order valence-corrected chi connectivity index (χ2v) is 8.90. The van der Waals surface area contributed by atoms with Crippen LogP contribution in [0.3, 0.4) is 0 Å². The van der Waals surface area contributed by atoms with Gasteiger partial charge in [-0.25, -0.2) is 12.8 Å². The lowest BCUT2D eigenvalue weighted by Crippen LogP contribution is -2.43. The summed E-state index contributed by atoms with van der Waals surface area (Å²) in [5, 5.41) is 3.40. The van der Waals surface area contributed by atoms with Crippen LogP contribution in [-0.4, -0.2) is 31.7 Å². The van der Waals surface area contributed by atoms with Crippen LogP contribution in [0.1, 0.15) is 18.4 Å². The van der Waals surface area contributed by atoms with E-state index in [9.17, 15) is 17.6 Å². The van der Waals surface area contributed by atoms with Crippen LogP contribution in [0, 0.1) is 18.7 Å². The molecule has 2 aromatic rings. The highest BCUT2D eigenvalue weighted by molar-refractivity contribution is 7.89. The zero-order valence-corrected chi connectivity index (χ0v) is 16.4. The highest BCUT2D eigenvalue weighted by atomic mass is 35.5. The van der Waals surface area contributed by atoms with Crippen molar-refractivity contribution in [2.24, 2.45) is 5.92 Å². The van der Waals surface area contributed by atoms with Crippen molar-refractivity contribution in [3.63, 3.8) is 0 Å². The average Bonchev–Trinajstić information content (AvgIpc) is 2.66. The van der Waals surface area contributed by atoms with Gasteiger partial charge in [0.15, 0.2) is 0 Å². The van der Waals surface area contributed by atoms with E-state index in [-0.39, 0.29) is 17.3 Å². The van der Waals surface area contributed by atoms with Crippen molar-refractivity contribution in [1.29, 1.82) is 0 Å². The van der Waals surface area contributed by atoms with Gasteiger partial charge < -0.3 is 5.32 Å². The number of benzene rings is 2. The fourth-order valence-corrected chi connectivity index (χ4v) is 4.81. The molecule has 0 radical (unpaired) electrons. The normalized spacial score (nSPS) is 18.3. The molecule has 1 fully saturated rings. The zero-order valence-electron chi connectivity index (χ0n) is 14.8. The number of sulfonamides is 1. The summed E-state index contributed by atoms with van der Waals surface area (Å²) in [6, 6.07) is 9.95. The van der Waals surface area contributed by atoms with Gasteiger partial charge in [-0.1, -0.05) is 17.7 Å². The van der Waals surface area contributed by atoms with Crippen LogP contribution in [0.15, 0.2) is 47.4 Å². The predicted molar refractivity (Wildman–Crippen MR) is 103 cm³/mol. The minimum atomic E-state index is -3.77. The number of carbonyl (C=O) groups is 1. The van der Waals surface area contributed by atoms with Gasteiger partial charge >= 0.3 is 0 Å². The molecule has 3 rings (SSSR count). The van der Waals surface area contributed by atoms with E-state index in [1.165, 1.54) is 16.4 Å². The second kappa shape index (κ2) is 7.96. The van der Waals surface area contributed by atoms with Crippen LogP contribution in [0.5, 0.6) is 0 Å². The minimum absolute atomic E-state index is 0.0237. The van der Waals surface area contributed by atoms with Crippen molar-refractivity contribution in [2.75, 3.05) is 18.4 Å². The lowest BCUT2D eigenvalue weighted by Gasteiger charge is -2.31. The number of hydrogen-bond acceptors (Lipinski definition) is 3. The molecule has 1 N–H and O–H groups in total. The lowest BCUT2D eigenvalue weighted by molar-refractivity contribution is -0.120. The molecule has 0 spiro atoms. The standard InChI is InChI=1S/C19H20ClFN2O3S/c1-13-17(20)5-2-6-18(13)22-19(24)14-4-3-11-23(12-14)27(25,26)16-9-7-15(21)8-10-16/h2,5-10,14H,3-4,11-12H2,1H3,(H,22,24)/t14-/m0/s1. The lowest BCUT2D eigenvalue weighted by atomic mass is 9.98. The first-order chi connectivity index (χ1) is 12.8. The van der Waals surface area contributed by atoms with E-state index in [0.29, 0.717) is 30.1 Å². The van der Waals surface area contributed by atoms with Gasteiger partial charge in [-0.15, -0.1) is 0 Å². The molecule has 0 aliphatic carbocycles. The first-order valence-corrected chi connectivity index (χ1v) is 10.4. The number of hydrogen-bond donors (Lipinski definition) is 1. The summed E-state index contributed by atoms with van der Waals surface area (Å²) < 4.78 is 39.9. The molecule has 1 amide bonds. The topological polar surface area (TPSA) is 66.5 Å². The summed E-state index contributed by atoms with van der Waals surface area (Å²) in [5.74, 6) is -1.20. The fourth-order valence-electron chi connectivity index (χ4n) is 3.11. The molecule has 0 unspecified atom stereocenters. The fraction of sp³-hybridized carbons (Fsp3) is 0.316. The van der Waals surface area contributed by atoms with Crippen LogP contribution in [0.4, 0.5) is 10.1 Å². The summed E-state index contributed by atoms with van der Waals surface area (Å²) in [4.78, 5) is 12.7. The molecule has 27 heavy (non-hydrogen) atoms. The Morgan fingerprint density at radius 2 is 1.93 bits per heavy atom. The van der Waals surface area contributed by atoms with Gasteiger partial charge in [-0.2, -0.15) is 4.31 Å². The van der Waals surface area contributed by atoms with Crippen molar-refractivity contribution < 1.29 is 17.6 Å². The van der Waals surface area contributed by atoms with Crippen molar-refractivity contribution in [3.8, 4) is 0 Å². The van der Waals surface area contributed by atoms with E-state index in [2.05, 4.69) is 5.32 Å². The molecule has 2 aromatic carbocycles. The Hall–Kier alpha value is -1.96. The van der Waals surface area contributed by atoms with Gasteiger partial charge in [0.2, 0.25) is 15.9 Å². The molecular weight excluding hydrogens is 391 g/mol. The highest BCUT2D eigenvalue weighted by Gasteiger charge is 2.33. The Bertz CT molecular complexity index is 948. The quantitative estimate of drug-likeness (QED) is 0.833. The molecule has 5 nitrogen and oxygen atoms in total. The predicted octanol–water partition coefficient (Wildman–Crippen LogP) is 3.83. The average molecular weight is 411 g/mol. The van der Waals surface area contributed by atoms with E-state index in [1.807, 2.05) is 6.92 Å². The van der Waals surface area contributed by atoms with E-state index >= 15 is 0 Å². The molecule has 1 saturated heterocycles. The first kappa shape index (κ1) is 19.8. The van der Waals surface area contributed by atoms with Gasteiger partial charge in [-0.3, -0.25) is 4.79 Å². The van der Waals surface area contributed by atoms with Gasteiger partial charge in [0.25, 0.3) is 0 Å². The number of anilines is 1. The Labute approximate surface area is 163 Å². The van der Waals surface area contributed by atoms with Gasteiger partial charge in [-0.05, 0) is 61.7 Å². The minimum Gasteiger partial charge on any atom is -0.326 e. The molecule has 144 valence electrons. The summed E-state index contributed by atoms with van der Waals surface area (Å²) in [7, 11) is -3.77. The van der Waals surface area contributed by atoms with Gasteiger partial charge in [0.05, 0.1) is 10.8 Å². The SMILES string of the molecule is Cc1c(Cl)cccc1NC(=O)[C@H]1CCCN(S(=O)(=O)c2ccc(F)cc2)C1. The van der Waals surface area contributed by atoms with Crippen LogP contribution >= 0.6 is 11.6 Å². The van der Waals surface area contributed by atoms with Crippen molar-refractivity contribution in [1.82, 2.24) is 4.31 Å². The number of piperidine rings is 1. The summed E-state index contributed by atoms with van der Waals surface area (Å²) in [6.07, 6.45) is 1.17. The summed E-state index contributed by atoms with van der Waals surface area (Å²) in [6.45, 7) is 2.23. The number of nitrogens with zero attached hydrogens (tertiary/aromatic N) is 1. The molecular formula is C19H20ClFN2O3S. The third kappa shape index (κ3) is 4.31. The number of nitrogens with one attached hydrogen (secondary N) is 1. The Kier molecular flexibility index (Phi) is 5.83. The Morgan fingerprint density at radius 1 is 1.22 bits per heavy atom. The molecule has 0 aromatic heterocycles. The zero-order chi connectivity index (χ0) is 19.6.